The van der Waals surface area contributed by atoms with Crippen molar-refractivity contribution >= 4 is 40.1 Å². The second-order valence-electron chi connectivity index (χ2n) is 4.54. The number of carbonyl (C=O) groups excluding carboxylic acids is 2. The van der Waals surface area contributed by atoms with E-state index in [1.54, 1.807) is 6.20 Å². The number of nitrogens with one attached hydrogen (secondary N) is 1. The SMILES string of the molecule is CC(=O)Nc1ncc(SCC(=O)OC(C)(C)C)s1. The van der Waals surface area contributed by atoms with E-state index >= 15 is 0 Å². The summed E-state index contributed by atoms with van der Waals surface area (Å²) in [5, 5.41) is 3.13. The number of nitrogens with zero attached hydrogens (tertiary/aromatic N) is 1. The fraction of sp³-hybridized carbons (Fsp3) is 0.545. The van der Waals surface area contributed by atoms with Crippen LogP contribution in [0, 0.1) is 0 Å². The Labute approximate surface area is 114 Å². The predicted molar refractivity (Wildman–Crippen MR) is 73.0 cm³/mol. The first-order valence-corrected chi connectivity index (χ1v) is 7.14. The molecule has 0 aliphatic carbocycles. The molecule has 1 aromatic heterocycles. The number of thioether (sulfide) groups is 1. The number of anilines is 1. The minimum atomic E-state index is -0.466. The zero-order chi connectivity index (χ0) is 13.8. The van der Waals surface area contributed by atoms with E-state index in [1.165, 1.54) is 30.0 Å². The third-order valence-corrected chi connectivity index (χ3v) is 3.60. The maximum Gasteiger partial charge on any atom is 0.316 e. The van der Waals surface area contributed by atoms with E-state index in [1.807, 2.05) is 20.8 Å². The normalized spacial score (nSPS) is 11.1. The zero-order valence-corrected chi connectivity index (χ0v) is 12.4. The van der Waals surface area contributed by atoms with E-state index in [2.05, 4.69) is 10.3 Å². The number of esters is 1. The monoisotopic (exact) mass is 288 g/mol. The molecule has 1 N–H and O–H groups in total. The molecule has 1 heterocycles. The highest BCUT2D eigenvalue weighted by Gasteiger charge is 2.16. The molecule has 0 spiro atoms. The van der Waals surface area contributed by atoms with Gasteiger partial charge >= 0.3 is 5.97 Å². The van der Waals surface area contributed by atoms with E-state index in [4.69, 9.17) is 4.74 Å². The average molecular weight is 288 g/mol. The van der Waals surface area contributed by atoms with Crippen LogP contribution in [-0.2, 0) is 14.3 Å². The minimum absolute atomic E-state index is 0.159. The molecule has 0 saturated heterocycles. The second kappa shape index (κ2) is 6.19. The van der Waals surface area contributed by atoms with Crippen molar-refractivity contribution in [1.29, 1.82) is 0 Å². The summed E-state index contributed by atoms with van der Waals surface area (Å²) in [7, 11) is 0. The van der Waals surface area contributed by atoms with Crippen LogP contribution in [0.2, 0.25) is 0 Å². The van der Waals surface area contributed by atoms with Crippen LogP contribution in [0.25, 0.3) is 0 Å². The Kier molecular flexibility index (Phi) is 5.15. The molecule has 0 unspecified atom stereocenters. The Morgan fingerprint density at radius 2 is 2.17 bits per heavy atom. The Balaban J connectivity index is 2.42. The highest BCUT2D eigenvalue weighted by atomic mass is 32.2. The summed E-state index contributed by atoms with van der Waals surface area (Å²) in [4.78, 5) is 26.3. The van der Waals surface area contributed by atoms with Crippen molar-refractivity contribution in [1.82, 2.24) is 4.98 Å². The van der Waals surface area contributed by atoms with Crippen molar-refractivity contribution in [2.24, 2.45) is 0 Å². The highest BCUT2D eigenvalue weighted by Crippen LogP contribution is 2.28. The number of carbonyl (C=O) groups is 2. The number of aromatic nitrogens is 1. The largest absolute Gasteiger partial charge is 0.459 e. The first kappa shape index (κ1) is 15.0. The summed E-state index contributed by atoms with van der Waals surface area (Å²) in [6.45, 7) is 6.92. The van der Waals surface area contributed by atoms with Crippen LogP contribution in [-0.4, -0.2) is 28.2 Å². The van der Waals surface area contributed by atoms with Crippen molar-refractivity contribution < 1.29 is 14.3 Å². The van der Waals surface area contributed by atoms with E-state index < -0.39 is 5.60 Å². The lowest BCUT2D eigenvalue weighted by Crippen LogP contribution is -2.24. The number of amides is 1. The lowest BCUT2D eigenvalue weighted by molar-refractivity contribution is -0.151. The first-order chi connectivity index (χ1) is 8.26. The van der Waals surface area contributed by atoms with E-state index in [9.17, 15) is 9.59 Å². The summed E-state index contributed by atoms with van der Waals surface area (Å²) in [5.41, 5.74) is -0.466. The minimum Gasteiger partial charge on any atom is -0.459 e. The maximum absolute atomic E-state index is 11.5. The second-order valence-corrected chi connectivity index (χ2v) is 6.85. The Morgan fingerprint density at radius 3 is 2.72 bits per heavy atom. The van der Waals surface area contributed by atoms with Crippen LogP contribution >= 0.6 is 23.1 Å². The van der Waals surface area contributed by atoms with Gasteiger partial charge in [-0.05, 0) is 20.8 Å². The molecule has 5 nitrogen and oxygen atoms in total. The zero-order valence-electron chi connectivity index (χ0n) is 10.8. The van der Waals surface area contributed by atoms with Gasteiger partial charge in [-0.15, -0.1) is 11.8 Å². The molecule has 1 amide bonds. The van der Waals surface area contributed by atoms with Gasteiger partial charge in [0.15, 0.2) is 5.13 Å². The molecule has 0 saturated carbocycles. The summed E-state index contributed by atoms with van der Waals surface area (Å²) < 4.78 is 6.05. The number of ether oxygens (including phenoxy) is 1. The molecule has 0 aromatic carbocycles. The van der Waals surface area contributed by atoms with Gasteiger partial charge in [0.1, 0.15) is 5.60 Å². The molecule has 100 valence electrons. The molecule has 0 aliphatic heterocycles. The fourth-order valence-corrected chi connectivity index (χ4v) is 2.73. The summed E-state index contributed by atoms with van der Waals surface area (Å²) in [6, 6.07) is 0. The Hall–Kier alpha value is -1.08. The van der Waals surface area contributed by atoms with E-state index in [0.717, 1.165) is 4.21 Å². The summed E-state index contributed by atoms with van der Waals surface area (Å²) in [6.07, 6.45) is 1.63. The first-order valence-electron chi connectivity index (χ1n) is 5.34. The van der Waals surface area contributed by atoms with Gasteiger partial charge in [0, 0.05) is 6.92 Å². The number of hydrogen-bond acceptors (Lipinski definition) is 6. The number of rotatable bonds is 4. The van der Waals surface area contributed by atoms with Crippen LogP contribution in [0.15, 0.2) is 10.4 Å². The van der Waals surface area contributed by atoms with Crippen molar-refractivity contribution in [2.75, 3.05) is 11.1 Å². The predicted octanol–water partition coefficient (Wildman–Crippen LogP) is 2.54. The molecule has 0 radical (unpaired) electrons. The fourth-order valence-electron chi connectivity index (χ4n) is 1.04. The molecule has 0 fully saturated rings. The van der Waals surface area contributed by atoms with Crippen molar-refractivity contribution in [2.45, 2.75) is 37.5 Å². The van der Waals surface area contributed by atoms with Gasteiger partial charge in [0.2, 0.25) is 5.91 Å². The lowest BCUT2D eigenvalue weighted by atomic mass is 10.2. The number of hydrogen-bond donors (Lipinski definition) is 1. The Morgan fingerprint density at radius 1 is 1.50 bits per heavy atom. The Bertz CT molecular complexity index is 438. The quantitative estimate of drug-likeness (QED) is 0.681. The molecule has 1 rings (SSSR count). The lowest BCUT2D eigenvalue weighted by Gasteiger charge is -2.18. The van der Waals surface area contributed by atoms with Gasteiger partial charge in [-0.25, -0.2) is 4.98 Å². The average Bonchev–Trinajstić information content (AvgIpc) is 2.59. The third kappa shape index (κ3) is 6.02. The highest BCUT2D eigenvalue weighted by molar-refractivity contribution is 8.01. The van der Waals surface area contributed by atoms with Crippen molar-refractivity contribution in [3.63, 3.8) is 0 Å². The summed E-state index contributed by atoms with van der Waals surface area (Å²) in [5.74, 6) is -0.186. The standard InChI is InChI=1S/C11H16N2O3S2/c1-7(14)13-10-12-5-9(18-10)17-6-8(15)16-11(2,3)4/h5H,6H2,1-4H3,(H,12,13,14). The topological polar surface area (TPSA) is 68.3 Å². The van der Waals surface area contributed by atoms with Crippen molar-refractivity contribution in [3.8, 4) is 0 Å². The molecule has 1 aromatic rings. The molecule has 0 atom stereocenters. The number of thiazole rings is 1. The van der Waals surface area contributed by atoms with Gasteiger partial charge in [-0.2, -0.15) is 0 Å². The maximum atomic E-state index is 11.5. The molecule has 18 heavy (non-hydrogen) atoms. The molecule has 0 bridgehead atoms. The van der Waals surface area contributed by atoms with Crippen LogP contribution in [0.3, 0.4) is 0 Å². The van der Waals surface area contributed by atoms with Gasteiger partial charge < -0.3 is 10.1 Å². The van der Waals surface area contributed by atoms with Crippen LogP contribution < -0.4 is 5.32 Å². The van der Waals surface area contributed by atoms with E-state index in [0.29, 0.717) is 5.13 Å². The van der Waals surface area contributed by atoms with Gasteiger partial charge in [-0.3, -0.25) is 9.59 Å². The van der Waals surface area contributed by atoms with Gasteiger partial charge in [0.05, 0.1) is 16.2 Å². The molecular formula is C11H16N2O3S2. The van der Waals surface area contributed by atoms with Gasteiger partial charge in [0.25, 0.3) is 0 Å². The van der Waals surface area contributed by atoms with Crippen LogP contribution in [0.1, 0.15) is 27.7 Å². The smallest absolute Gasteiger partial charge is 0.316 e. The van der Waals surface area contributed by atoms with Crippen molar-refractivity contribution in [3.05, 3.63) is 6.20 Å². The van der Waals surface area contributed by atoms with Crippen LogP contribution in [0.5, 0.6) is 0 Å². The molecule has 0 aliphatic rings. The van der Waals surface area contributed by atoms with Crippen LogP contribution in [0.4, 0.5) is 5.13 Å². The third-order valence-electron chi connectivity index (χ3n) is 1.52. The van der Waals surface area contributed by atoms with E-state index in [-0.39, 0.29) is 17.6 Å². The molecular weight excluding hydrogens is 272 g/mol. The molecule has 7 heteroatoms. The summed E-state index contributed by atoms with van der Waals surface area (Å²) >= 11 is 2.68. The van der Waals surface area contributed by atoms with Gasteiger partial charge in [-0.1, -0.05) is 11.3 Å².